The number of anilines is 1. The van der Waals surface area contributed by atoms with Crippen LogP contribution in [0.1, 0.15) is 10.4 Å². The van der Waals surface area contributed by atoms with Crippen LogP contribution in [0.3, 0.4) is 0 Å². The smallest absolute Gasteiger partial charge is 0.259 e. The lowest BCUT2D eigenvalue weighted by molar-refractivity contribution is 0.102. The van der Waals surface area contributed by atoms with Crippen LogP contribution in [0.5, 0.6) is 0 Å². The zero-order valence-corrected chi connectivity index (χ0v) is 16.5. The molecule has 0 atom stereocenters. The van der Waals surface area contributed by atoms with Crippen molar-refractivity contribution in [1.29, 1.82) is 0 Å². The summed E-state index contributed by atoms with van der Waals surface area (Å²) in [6.07, 6.45) is 1.78. The third-order valence-corrected chi connectivity index (χ3v) is 4.85. The third-order valence-electron chi connectivity index (χ3n) is 4.13. The van der Waals surface area contributed by atoms with Crippen LogP contribution in [0.15, 0.2) is 91.1 Å². The van der Waals surface area contributed by atoms with Crippen LogP contribution in [-0.4, -0.2) is 15.7 Å². The Bertz CT molecular complexity index is 1060. The lowest BCUT2D eigenvalue weighted by Crippen LogP contribution is -2.12. The molecule has 27 heavy (non-hydrogen) atoms. The van der Waals surface area contributed by atoms with Gasteiger partial charge in [-0.15, -0.1) is 0 Å². The fourth-order valence-corrected chi connectivity index (χ4v) is 3.15. The molecule has 4 aromatic rings. The Hall–Kier alpha value is -2.93. The molecule has 0 aliphatic carbocycles. The molecule has 0 aliphatic rings. The first-order chi connectivity index (χ1) is 13.2. The largest absolute Gasteiger partial charge is 0.322 e. The van der Waals surface area contributed by atoms with E-state index < -0.39 is 0 Å². The highest BCUT2D eigenvalue weighted by Gasteiger charge is 2.18. The Morgan fingerprint density at radius 3 is 2.15 bits per heavy atom. The van der Waals surface area contributed by atoms with Gasteiger partial charge >= 0.3 is 0 Å². The number of nitrogens with zero attached hydrogens (tertiary/aromatic N) is 2. The predicted octanol–water partition coefficient (Wildman–Crippen LogP) is 5.40. The number of nitrogens with one attached hydrogen (secondary N) is 1. The van der Waals surface area contributed by atoms with E-state index in [0.717, 1.165) is 20.5 Å². The van der Waals surface area contributed by atoms with Crippen LogP contribution >= 0.6 is 22.6 Å². The minimum atomic E-state index is -0.183. The van der Waals surface area contributed by atoms with Crippen molar-refractivity contribution in [1.82, 2.24) is 9.78 Å². The number of rotatable bonds is 4. The molecule has 0 saturated carbocycles. The van der Waals surface area contributed by atoms with Crippen molar-refractivity contribution >= 4 is 34.2 Å². The number of hydrogen-bond donors (Lipinski definition) is 1. The fraction of sp³-hybridized carbons (Fsp3) is 0. The Balaban J connectivity index is 1.74. The molecule has 4 nitrogen and oxygen atoms in total. The minimum absolute atomic E-state index is 0.183. The van der Waals surface area contributed by atoms with Gasteiger partial charge in [-0.25, -0.2) is 4.68 Å². The molecule has 0 unspecified atom stereocenters. The molecule has 0 spiro atoms. The first-order valence-electron chi connectivity index (χ1n) is 8.48. The predicted molar refractivity (Wildman–Crippen MR) is 116 cm³/mol. The highest BCUT2D eigenvalue weighted by Crippen LogP contribution is 2.24. The Kier molecular flexibility index (Phi) is 5.02. The van der Waals surface area contributed by atoms with E-state index in [1.54, 1.807) is 10.9 Å². The van der Waals surface area contributed by atoms with E-state index in [2.05, 4.69) is 33.0 Å². The van der Waals surface area contributed by atoms with E-state index in [-0.39, 0.29) is 5.91 Å². The molecule has 1 amide bonds. The zero-order chi connectivity index (χ0) is 18.6. The van der Waals surface area contributed by atoms with Gasteiger partial charge < -0.3 is 5.32 Å². The van der Waals surface area contributed by atoms with Gasteiger partial charge in [-0.05, 0) is 59.0 Å². The van der Waals surface area contributed by atoms with E-state index >= 15 is 0 Å². The van der Waals surface area contributed by atoms with Crippen LogP contribution in [0.25, 0.3) is 16.9 Å². The van der Waals surface area contributed by atoms with Crippen LogP contribution in [-0.2, 0) is 0 Å². The van der Waals surface area contributed by atoms with Gasteiger partial charge in [-0.1, -0.05) is 48.5 Å². The highest BCUT2D eigenvalue weighted by molar-refractivity contribution is 14.1. The summed E-state index contributed by atoms with van der Waals surface area (Å²) in [5.74, 6) is -0.183. The number of amides is 1. The average molecular weight is 465 g/mol. The molecule has 1 heterocycles. The molecule has 0 aliphatic heterocycles. The molecule has 3 aromatic carbocycles. The Morgan fingerprint density at radius 2 is 1.48 bits per heavy atom. The molecule has 0 radical (unpaired) electrons. The SMILES string of the molecule is O=C(Nc1ccc(I)cc1)c1cn(-c2ccccc2)nc1-c1ccccc1. The lowest BCUT2D eigenvalue weighted by Gasteiger charge is -2.05. The monoisotopic (exact) mass is 465 g/mol. The molecular weight excluding hydrogens is 449 g/mol. The van der Waals surface area contributed by atoms with Gasteiger partial charge in [0.1, 0.15) is 5.69 Å². The molecule has 0 bridgehead atoms. The summed E-state index contributed by atoms with van der Waals surface area (Å²) in [5, 5.41) is 7.65. The molecular formula is C22H16IN3O. The van der Waals surface area contributed by atoms with Crippen molar-refractivity contribution < 1.29 is 4.79 Å². The normalized spacial score (nSPS) is 10.6. The number of carbonyl (C=O) groups excluding carboxylic acids is 1. The third kappa shape index (κ3) is 3.93. The van der Waals surface area contributed by atoms with Crippen molar-refractivity contribution in [2.45, 2.75) is 0 Å². The molecule has 132 valence electrons. The number of halogens is 1. The van der Waals surface area contributed by atoms with Crippen LogP contribution in [0.2, 0.25) is 0 Å². The number of para-hydroxylation sites is 1. The first kappa shape index (κ1) is 17.5. The average Bonchev–Trinajstić information content (AvgIpc) is 3.17. The van der Waals surface area contributed by atoms with E-state index in [1.807, 2.05) is 84.9 Å². The topological polar surface area (TPSA) is 46.9 Å². The molecule has 5 heteroatoms. The minimum Gasteiger partial charge on any atom is -0.322 e. The van der Waals surface area contributed by atoms with E-state index in [1.165, 1.54) is 0 Å². The van der Waals surface area contributed by atoms with Crippen molar-refractivity contribution in [3.05, 3.63) is 100 Å². The summed E-state index contributed by atoms with van der Waals surface area (Å²) in [5.41, 5.74) is 3.75. The molecule has 1 N–H and O–H groups in total. The van der Waals surface area contributed by atoms with Crippen LogP contribution < -0.4 is 5.32 Å². The number of hydrogen-bond acceptors (Lipinski definition) is 2. The first-order valence-corrected chi connectivity index (χ1v) is 9.56. The van der Waals surface area contributed by atoms with Crippen LogP contribution in [0, 0.1) is 3.57 Å². The van der Waals surface area contributed by atoms with E-state index in [0.29, 0.717) is 11.3 Å². The number of aromatic nitrogens is 2. The van der Waals surface area contributed by atoms with Gasteiger partial charge in [0.15, 0.2) is 0 Å². The van der Waals surface area contributed by atoms with Crippen molar-refractivity contribution in [2.75, 3.05) is 5.32 Å². The summed E-state index contributed by atoms with van der Waals surface area (Å²) in [6, 6.07) is 27.2. The standard InChI is InChI=1S/C22H16IN3O/c23-17-11-13-18(14-12-17)24-22(27)20-15-26(19-9-5-2-6-10-19)25-21(20)16-7-3-1-4-8-16/h1-15H,(H,24,27). The van der Waals surface area contributed by atoms with Gasteiger partial charge in [-0.3, -0.25) is 4.79 Å². The highest BCUT2D eigenvalue weighted by atomic mass is 127. The maximum Gasteiger partial charge on any atom is 0.259 e. The maximum absolute atomic E-state index is 13.0. The van der Waals surface area contributed by atoms with Gasteiger partial charge in [0, 0.05) is 21.0 Å². The Labute approximate surface area is 171 Å². The van der Waals surface area contributed by atoms with E-state index in [4.69, 9.17) is 0 Å². The molecule has 4 rings (SSSR count). The summed E-state index contributed by atoms with van der Waals surface area (Å²) >= 11 is 2.24. The fourth-order valence-electron chi connectivity index (χ4n) is 2.79. The lowest BCUT2D eigenvalue weighted by atomic mass is 10.1. The second-order valence-electron chi connectivity index (χ2n) is 6.00. The quantitative estimate of drug-likeness (QED) is 0.411. The Morgan fingerprint density at radius 1 is 0.852 bits per heavy atom. The van der Waals surface area contributed by atoms with E-state index in [9.17, 15) is 4.79 Å². The second kappa shape index (κ2) is 7.75. The van der Waals surface area contributed by atoms with Gasteiger partial charge in [0.05, 0.1) is 11.3 Å². The van der Waals surface area contributed by atoms with Gasteiger partial charge in [0.25, 0.3) is 5.91 Å². The van der Waals surface area contributed by atoms with Crippen LogP contribution in [0.4, 0.5) is 5.69 Å². The molecule has 1 aromatic heterocycles. The molecule has 0 saturated heterocycles. The summed E-state index contributed by atoms with van der Waals surface area (Å²) < 4.78 is 2.86. The maximum atomic E-state index is 13.0. The van der Waals surface area contributed by atoms with Crippen molar-refractivity contribution in [3.8, 4) is 16.9 Å². The zero-order valence-electron chi connectivity index (χ0n) is 14.3. The number of benzene rings is 3. The summed E-state index contributed by atoms with van der Waals surface area (Å²) in [4.78, 5) is 13.0. The van der Waals surface area contributed by atoms with Gasteiger partial charge in [-0.2, -0.15) is 5.10 Å². The van der Waals surface area contributed by atoms with Crippen molar-refractivity contribution in [2.24, 2.45) is 0 Å². The second-order valence-corrected chi connectivity index (χ2v) is 7.24. The molecule has 0 fully saturated rings. The summed E-state index contributed by atoms with van der Waals surface area (Å²) in [6.45, 7) is 0. The summed E-state index contributed by atoms with van der Waals surface area (Å²) in [7, 11) is 0. The van der Waals surface area contributed by atoms with Crippen molar-refractivity contribution in [3.63, 3.8) is 0 Å². The van der Waals surface area contributed by atoms with Gasteiger partial charge in [0.2, 0.25) is 0 Å². The number of carbonyl (C=O) groups is 1.